The van der Waals surface area contributed by atoms with Crippen molar-refractivity contribution in [2.24, 2.45) is 11.8 Å². The molecule has 1 atom stereocenters. The summed E-state index contributed by atoms with van der Waals surface area (Å²) < 4.78 is 0. The van der Waals surface area contributed by atoms with Crippen molar-refractivity contribution in [3.8, 4) is 0 Å². The highest BCUT2D eigenvalue weighted by molar-refractivity contribution is 7.13. The maximum Gasteiger partial charge on any atom is 0.265 e. The number of nitrogens with zero attached hydrogens (tertiary/aromatic N) is 2. The minimum Gasteiger partial charge on any atom is -0.338 e. The Morgan fingerprint density at radius 1 is 1.52 bits per heavy atom. The molecule has 1 aromatic heterocycles. The molecule has 5 heteroatoms. The standard InChI is InChI=1S/C16H27N3OS/c1-11(2)8-14-15(21-12(3)18-14)16(20)19-7-5-6-13(10-19)9-17-4/h11,13,17H,5-10H2,1-4H3. The van der Waals surface area contributed by atoms with Gasteiger partial charge in [-0.2, -0.15) is 0 Å². The number of amides is 1. The number of aryl methyl sites for hydroxylation is 1. The Bertz CT molecular complexity index is 482. The molecular formula is C16H27N3OS. The van der Waals surface area contributed by atoms with Crippen LogP contribution >= 0.6 is 11.3 Å². The van der Waals surface area contributed by atoms with E-state index in [9.17, 15) is 4.79 Å². The van der Waals surface area contributed by atoms with Crippen molar-refractivity contribution in [1.29, 1.82) is 0 Å². The van der Waals surface area contributed by atoms with E-state index in [0.29, 0.717) is 11.8 Å². The van der Waals surface area contributed by atoms with Crippen molar-refractivity contribution in [2.75, 3.05) is 26.7 Å². The summed E-state index contributed by atoms with van der Waals surface area (Å²) in [6, 6.07) is 0. The van der Waals surface area contributed by atoms with Gasteiger partial charge in [-0.05, 0) is 51.6 Å². The molecule has 0 spiro atoms. The third-order valence-corrected chi connectivity index (χ3v) is 4.90. The second-order valence-electron chi connectivity index (χ2n) is 6.42. The number of nitrogens with one attached hydrogen (secondary N) is 1. The summed E-state index contributed by atoms with van der Waals surface area (Å²) in [7, 11) is 1.98. The fourth-order valence-electron chi connectivity index (χ4n) is 3.01. The second kappa shape index (κ2) is 7.36. The zero-order chi connectivity index (χ0) is 15.4. The molecule has 1 aromatic rings. The third kappa shape index (κ3) is 4.27. The van der Waals surface area contributed by atoms with E-state index < -0.39 is 0 Å². The van der Waals surface area contributed by atoms with Crippen molar-refractivity contribution in [3.63, 3.8) is 0 Å². The molecule has 118 valence electrons. The number of thiazole rings is 1. The van der Waals surface area contributed by atoms with E-state index in [2.05, 4.69) is 24.1 Å². The molecule has 21 heavy (non-hydrogen) atoms. The summed E-state index contributed by atoms with van der Waals surface area (Å²) in [6.07, 6.45) is 3.21. The molecule has 1 aliphatic heterocycles. The second-order valence-corrected chi connectivity index (χ2v) is 7.63. The smallest absolute Gasteiger partial charge is 0.265 e. The van der Waals surface area contributed by atoms with Crippen LogP contribution in [0.15, 0.2) is 0 Å². The van der Waals surface area contributed by atoms with Crippen LogP contribution in [-0.4, -0.2) is 42.5 Å². The zero-order valence-electron chi connectivity index (χ0n) is 13.6. The van der Waals surface area contributed by atoms with Crippen molar-refractivity contribution in [1.82, 2.24) is 15.2 Å². The first-order valence-electron chi connectivity index (χ1n) is 7.91. The number of carbonyl (C=O) groups excluding carboxylic acids is 1. The highest BCUT2D eigenvalue weighted by Crippen LogP contribution is 2.25. The summed E-state index contributed by atoms with van der Waals surface area (Å²) in [5, 5.41) is 4.23. The van der Waals surface area contributed by atoms with Crippen LogP contribution in [0.1, 0.15) is 47.1 Å². The van der Waals surface area contributed by atoms with Gasteiger partial charge >= 0.3 is 0 Å². The maximum atomic E-state index is 12.8. The number of rotatable bonds is 5. The van der Waals surface area contributed by atoms with Gasteiger partial charge in [0.2, 0.25) is 0 Å². The minimum atomic E-state index is 0.192. The van der Waals surface area contributed by atoms with Gasteiger partial charge in [-0.15, -0.1) is 11.3 Å². The first-order chi connectivity index (χ1) is 10.0. The van der Waals surface area contributed by atoms with Crippen LogP contribution in [0.4, 0.5) is 0 Å². The topological polar surface area (TPSA) is 45.2 Å². The maximum absolute atomic E-state index is 12.8. The molecule has 1 aliphatic rings. The van der Waals surface area contributed by atoms with Crippen molar-refractivity contribution in [2.45, 2.75) is 40.0 Å². The molecule has 0 aliphatic carbocycles. The van der Waals surface area contributed by atoms with E-state index in [1.54, 1.807) is 11.3 Å². The molecule has 1 saturated heterocycles. The minimum absolute atomic E-state index is 0.192. The van der Waals surface area contributed by atoms with Gasteiger partial charge < -0.3 is 10.2 Å². The number of hydrogen-bond acceptors (Lipinski definition) is 4. The molecule has 0 saturated carbocycles. The number of aromatic nitrogens is 1. The highest BCUT2D eigenvalue weighted by Gasteiger charge is 2.27. The van der Waals surface area contributed by atoms with E-state index in [4.69, 9.17) is 0 Å². The largest absolute Gasteiger partial charge is 0.338 e. The highest BCUT2D eigenvalue weighted by atomic mass is 32.1. The SMILES string of the molecule is CNCC1CCCN(C(=O)c2sc(C)nc2CC(C)C)C1. The lowest BCUT2D eigenvalue weighted by Crippen LogP contribution is -2.42. The van der Waals surface area contributed by atoms with Crippen molar-refractivity contribution < 1.29 is 4.79 Å². The molecule has 1 unspecified atom stereocenters. The molecule has 4 nitrogen and oxygen atoms in total. The third-order valence-electron chi connectivity index (χ3n) is 3.90. The lowest BCUT2D eigenvalue weighted by molar-refractivity contribution is 0.0677. The Kier molecular flexibility index (Phi) is 5.76. The van der Waals surface area contributed by atoms with E-state index in [-0.39, 0.29) is 5.91 Å². The van der Waals surface area contributed by atoms with Gasteiger partial charge in [0.15, 0.2) is 0 Å². The van der Waals surface area contributed by atoms with E-state index in [1.807, 2.05) is 18.9 Å². The normalized spacial score (nSPS) is 19.3. The van der Waals surface area contributed by atoms with Crippen LogP contribution in [-0.2, 0) is 6.42 Å². The van der Waals surface area contributed by atoms with Crippen LogP contribution in [0.2, 0.25) is 0 Å². The number of piperidine rings is 1. The van der Waals surface area contributed by atoms with Crippen LogP contribution < -0.4 is 5.32 Å². The van der Waals surface area contributed by atoms with E-state index in [0.717, 1.165) is 48.1 Å². The summed E-state index contributed by atoms with van der Waals surface area (Å²) in [5.74, 6) is 1.30. The fourth-order valence-corrected chi connectivity index (χ4v) is 3.93. The van der Waals surface area contributed by atoms with Gasteiger partial charge in [-0.25, -0.2) is 4.98 Å². The van der Waals surface area contributed by atoms with Gasteiger partial charge in [0.1, 0.15) is 4.88 Å². The van der Waals surface area contributed by atoms with Crippen LogP contribution in [0.5, 0.6) is 0 Å². The predicted octanol–water partition coefficient (Wildman–Crippen LogP) is 2.72. The average molecular weight is 309 g/mol. The molecule has 0 aromatic carbocycles. The summed E-state index contributed by atoms with van der Waals surface area (Å²) in [6.45, 7) is 9.09. The van der Waals surface area contributed by atoms with Gasteiger partial charge in [0.05, 0.1) is 10.7 Å². The van der Waals surface area contributed by atoms with E-state index >= 15 is 0 Å². The Morgan fingerprint density at radius 3 is 2.95 bits per heavy atom. The Labute approximate surface area is 132 Å². The number of hydrogen-bond donors (Lipinski definition) is 1. The van der Waals surface area contributed by atoms with Crippen molar-refractivity contribution >= 4 is 17.2 Å². The van der Waals surface area contributed by atoms with Gasteiger partial charge in [-0.3, -0.25) is 4.79 Å². The quantitative estimate of drug-likeness (QED) is 0.909. The number of likely N-dealkylation sites (tertiary alicyclic amines) is 1. The zero-order valence-corrected chi connectivity index (χ0v) is 14.4. The molecule has 2 rings (SSSR count). The van der Waals surface area contributed by atoms with Crippen LogP contribution in [0.3, 0.4) is 0 Å². The summed E-state index contributed by atoms with van der Waals surface area (Å²) in [5.41, 5.74) is 0.994. The first kappa shape index (κ1) is 16.4. The lowest BCUT2D eigenvalue weighted by Gasteiger charge is -2.32. The van der Waals surface area contributed by atoms with Crippen LogP contribution in [0.25, 0.3) is 0 Å². The monoisotopic (exact) mass is 309 g/mol. The van der Waals surface area contributed by atoms with Gasteiger partial charge in [0, 0.05) is 13.1 Å². The molecule has 1 fully saturated rings. The molecule has 0 radical (unpaired) electrons. The number of carbonyl (C=O) groups is 1. The van der Waals surface area contributed by atoms with Gasteiger partial charge in [0.25, 0.3) is 5.91 Å². The lowest BCUT2D eigenvalue weighted by atomic mass is 9.97. The summed E-state index contributed by atoms with van der Waals surface area (Å²) >= 11 is 1.55. The molecule has 1 N–H and O–H groups in total. The fraction of sp³-hybridized carbons (Fsp3) is 0.750. The van der Waals surface area contributed by atoms with Crippen molar-refractivity contribution in [3.05, 3.63) is 15.6 Å². The average Bonchev–Trinajstić information content (AvgIpc) is 2.78. The predicted molar refractivity (Wildman–Crippen MR) is 87.9 cm³/mol. The Morgan fingerprint density at radius 2 is 2.29 bits per heavy atom. The summed E-state index contributed by atoms with van der Waals surface area (Å²) in [4.78, 5) is 20.3. The molecular weight excluding hydrogens is 282 g/mol. The molecule has 0 bridgehead atoms. The van der Waals surface area contributed by atoms with Crippen LogP contribution in [0, 0.1) is 18.8 Å². The Balaban J connectivity index is 2.12. The first-order valence-corrected chi connectivity index (χ1v) is 8.73. The molecule has 1 amide bonds. The van der Waals surface area contributed by atoms with E-state index in [1.165, 1.54) is 6.42 Å². The Hall–Kier alpha value is -0.940. The molecule has 2 heterocycles. The van der Waals surface area contributed by atoms with Gasteiger partial charge in [-0.1, -0.05) is 13.8 Å².